The van der Waals surface area contributed by atoms with Gasteiger partial charge in [-0.2, -0.15) is 0 Å². The van der Waals surface area contributed by atoms with Crippen molar-refractivity contribution in [3.8, 4) is 0 Å². The molecular formula is C10H20N6O4S2. The summed E-state index contributed by atoms with van der Waals surface area (Å²) in [6, 6.07) is 0. The predicted octanol–water partition coefficient (Wildman–Crippen LogP) is 3.39. The van der Waals surface area contributed by atoms with Crippen LogP contribution in [0.2, 0.25) is 0 Å². The van der Waals surface area contributed by atoms with Crippen molar-refractivity contribution in [2.75, 3.05) is 11.5 Å². The van der Waals surface area contributed by atoms with Gasteiger partial charge in [-0.15, -0.1) is 0 Å². The fraction of sp³-hybridized carbons (Fsp3) is 1.00. The lowest BCUT2D eigenvalue weighted by molar-refractivity contribution is 0.567. The van der Waals surface area contributed by atoms with Crippen LogP contribution < -0.4 is 0 Å². The van der Waals surface area contributed by atoms with Gasteiger partial charge in [0.2, 0.25) is 20.0 Å². The first kappa shape index (κ1) is 20.5. The first-order valence-electron chi connectivity index (χ1n) is 6.91. The molecular weight excluding hydrogens is 332 g/mol. The zero-order chi connectivity index (χ0) is 16.9. The maximum atomic E-state index is 11.1. The maximum Gasteiger partial charge on any atom is 0.235 e. The molecule has 0 aliphatic carbocycles. The lowest BCUT2D eigenvalue weighted by Crippen LogP contribution is -2.01. The van der Waals surface area contributed by atoms with Crippen molar-refractivity contribution in [1.29, 1.82) is 0 Å². The molecule has 0 aromatic carbocycles. The van der Waals surface area contributed by atoms with E-state index in [0.29, 0.717) is 12.8 Å². The first-order chi connectivity index (χ1) is 10.3. The van der Waals surface area contributed by atoms with Crippen LogP contribution in [0.1, 0.15) is 51.4 Å². The minimum atomic E-state index is -3.64. The molecule has 0 saturated carbocycles. The van der Waals surface area contributed by atoms with Crippen LogP contribution >= 0.6 is 0 Å². The summed E-state index contributed by atoms with van der Waals surface area (Å²) in [5, 5.41) is 0. The summed E-state index contributed by atoms with van der Waals surface area (Å²) in [4.78, 5) is 4.52. The van der Waals surface area contributed by atoms with Crippen molar-refractivity contribution in [2.45, 2.75) is 51.4 Å². The summed E-state index contributed by atoms with van der Waals surface area (Å²) in [7, 11) is -7.28. The molecule has 0 aliphatic rings. The summed E-state index contributed by atoms with van der Waals surface area (Å²) in [6.45, 7) is 0. The summed E-state index contributed by atoms with van der Waals surface area (Å²) in [6.07, 6.45) is 6.04. The van der Waals surface area contributed by atoms with E-state index in [4.69, 9.17) is 11.1 Å². The fourth-order valence-corrected chi connectivity index (χ4v) is 3.35. The average molecular weight is 352 g/mol. The molecule has 126 valence electrons. The fourth-order valence-electron chi connectivity index (χ4n) is 1.82. The van der Waals surface area contributed by atoms with E-state index in [-0.39, 0.29) is 11.5 Å². The van der Waals surface area contributed by atoms with Crippen LogP contribution in [0.3, 0.4) is 0 Å². The second kappa shape index (κ2) is 11.1. The van der Waals surface area contributed by atoms with Gasteiger partial charge in [0.1, 0.15) is 0 Å². The van der Waals surface area contributed by atoms with E-state index in [0.717, 1.165) is 38.5 Å². The zero-order valence-electron chi connectivity index (χ0n) is 12.2. The van der Waals surface area contributed by atoms with Crippen molar-refractivity contribution in [3.63, 3.8) is 0 Å². The van der Waals surface area contributed by atoms with E-state index in [1.54, 1.807) is 0 Å². The lowest BCUT2D eigenvalue weighted by atomic mass is 10.1. The predicted molar refractivity (Wildman–Crippen MR) is 82.8 cm³/mol. The standard InChI is InChI=1S/C10H20N6O4S2/c11-13-15-21(17,18)9-7-5-3-1-2-4-6-8-10-22(19,20)16-14-12/h1-10H2. The molecule has 0 heterocycles. The highest BCUT2D eigenvalue weighted by molar-refractivity contribution is 7.90. The van der Waals surface area contributed by atoms with Crippen molar-refractivity contribution in [3.05, 3.63) is 20.9 Å². The molecule has 0 radical (unpaired) electrons. The van der Waals surface area contributed by atoms with Gasteiger partial charge in [-0.05, 0) is 23.9 Å². The molecule has 12 heteroatoms. The largest absolute Gasteiger partial charge is 0.235 e. The normalized spacial score (nSPS) is 11.5. The monoisotopic (exact) mass is 352 g/mol. The minimum Gasteiger partial charge on any atom is -0.221 e. The van der Waals surface area contributed by atoms with Crippen LogP contribution in [0.15, 0.2) is 9.04 Å². The topological polar surface area (TPSA) is 166 Å². The van der Waals surface area contributed by atoms with Crippen molar-refractivity contribution in [1.82, 2.24) is 0 Å². The number of rotatable bonds is 13. The van der Waals surface area contributed by atoms with E-state index in [1.807, 2.05) is 0 Å². The van der Waals surface area contributed by atoms with Crippen molar-refractivity contribution in [2.24, 2.45) is 9.04 Å². The van der Waals surface area contributed by atoms with Crippen molar-refractivity contribution >= 4 is 20.0 Å². The Balaban J connectivity index is 3.52. The Morgan fingerprint density at radius 3 is 1.14 bits per heavy atom. The van der Waals surface area contributed by atoms with Gasteiger partial charge in [-0.25, -0.2) is 16.8 Å². The Morgan fingerprint density at radius 2 is 0.864 bits per heavy atom. The molecule has 0 unspecified atom stereocenters. The highest BCUT2D eigenvalue weighted by Crippen LogP contribution is 2.10. The quantitative estimate of drug-likeness (QED) is 0.214. The highest BCUT2D eigenvalue weighted by atomic mass is 32.2. The number of hydrogen-bond donors (Lipinski definition) is 0. The minimum absolute atomic E-state index is 0.131. The SMILES string of the molecule is [N-]=[N+]=NS(=O)(=O)CCCCCCCCCCS(=O)(=O)N=[N+]=[N-]. The zero-order valence-corrected chi connectivity index (χ0v) is 13.8. The molecule has 0 aliphatic heterocycles. The molecule has 0 rings (SSSR count). The van der Waals surface area contributed by atoms with Crippen LogP contribution in [0.4, 0.5) is 0 Å². The Kier molecular flexibility index (Phi) is 10.4. The van der Waals surface area contributed by atoms with Gasteiger partial charge < -0.3 is 0 Å². The smallest absolute Gasteiger partial charge is 0.221 e. The maximum absolute atomic E-state index is 11.1. The van der Waals surface area contributed by atoms with E-state index < -0.39 is 20.0 Å². The van der Waals surface area contributed by atoms with E-state index in [1.165, 1.54) is 0 Å². The van der Waals surface area contributed by atoms with Crippen LogP contribution in [-0.4, -0.2) is 28.3 Å². The van der Waals surface area contributed by atoms with Gasteiger partial charge in [0.25, 0.3) is 0 Å². The average Bonchev–Trinajstić information content (AvgIpc) is 2.40. The number of azide groups is 2. The Labute approximate surface area is 130 Å². The van der Waals surface area contributed by atoms with Crippen LogP contribution in [0.5, 0.6) is 0 Å². The molecule has 0 spiro atoms. The molecule has 0 amide bonds. The van der Waals surface area contributed by atoms with Gasteiger partial charge in [0.15, 0.2) is 0 Å². The number of nitrogens with zero attached hydrogens (tertiary/aromatic N) is 6. The molecule has 0 aromatic rings. The van der Waals surface area contributed by atoms with Crippen molar-refractivity contribution < 1.29 is 16.8 Å². The molecule has 0 N–H and O–H groups in total. The van der Waals surface area contributed by atoms with Gasteiger partial charge in [-0.1, -0.05) is 38.5 Å². The Morgan fingerprint density at radius 1 is 0.591 bits per heavy atom. The molecule has 0 atom stereocenters. The summed E-state index contributed by atoms with van der Waals surface area (Å²) < 4.78 is 49.7. The molecule has 0 bridgehead atoms. The lowest BCUT2D eigenvalue weighted by Gasteiger charge is -2.01. The summed E-state index contributed by atoms with van der Waals surface area (Å²) >= 11 is 0. The van der Waals surface area contributed by atoms with Gasteiger partial charge in [0, 0.05) is 18.9 Å². The molecule has 0 fully saturated rings. The molecule has 0 saturated heterocycles. The van der Waals surface area contributed by atoms with E-state index in [2.05, 4.69) is 18.9 Å². The summed E-state index contributed by atoms with van der Waals surface area (Å²) in [5.41, 5.74) is 16.1. The van der Waals surface area contributed by atoms with E-state index in [9.17, 15) is 16.8 Å². The van der Waals surface area contributed by atoms with Gasteiger partial charge >= 0.3 is 0 Å². The molecule has 0 aromatic heterocycles. The first-order valence-corrected chi connectivity index (χ1v) is 10.1. The highest BCUT2D eigenvalue weighted by Gasteiger charge is 2.07. The van der Waals surface area contributed by atoms with Crippen LogP contribution in [-0.2, 0) is 20.0 Å². The van der Waals surface area contributed by atoms with Gasteiger partial charge in [-0.3, -0.25) is 0 Å². The number of sulfonamides is 2. The van der Waals surface area contributed by atoms with Gasteiger partial charge in [0.05, 0.1) is 11.5 Å². The molecule has 10 nitrogen and oxygen atoms in total. The third-order valence-corrected chi connectivity index (χ3v) is 5.13. The third-order valence-electron chi connectivity index (χ3n) is 2.88. The number of hydrogen-bond acceptors (Lipinski definition) is 4. The Bertz CT molecular complexity index is 562. The second-order valence-corrected chi connectivity index (χ2v) is 8.21. The van der Waals surface area contributed by atoms with Crippen LogP contribution in [0.25, 0.3) is 20.9 Å². The third kappa shape index (κ3) is 12.3. The molecule has 22 heavy (non-hydrogen) atoms. The number of unbranched alkanes of at least 4 members (excludes halogenated alkanes) is 7. The van der Waals surface area contributed by atoms with E-state index >= 15 is 0 Å². The summed E-state index contributed by atoms with van der Waals surface area (Å²) in [5.74, 6) is -0.261. The van der Waals surface area contributed by atoms with Crippen LogP contribution in [0, 0.1) is 0 Å². The Hall–Kier alpha value is -1.48. The second-order valence-electron chi connectivity index (χ2n) is 4.74.